The second-order valence-corrected chi connectivity index (χ2v) is 5.91. The summed E-state index contributed by atoms with van der Waals surface area (Å²) in [6.45, 7) is 4.74. The van der Waals surface area contributed by atoms with Gasteiger partial charge in [0, 0.05) is 36.7 Å². The third-order valence-corrected chi connectivity index (χ3v) is 3.90. The van der Waals surface area contributed by atoms with Crippen molar-refractivity contribution in [2.45, 2.75) is 6.92 Å². The van der Waals surface area contributed by atoms with Gasteiger partial charge >= 0.3 is 0 Å². The molecule has 0 radical (unpaired) electrons. The molecule has 2 heterocycles. The molecular formula is C19H19N5O2. The first-order chi connectivity index (χ1) is 12.7. The SMILES string of the molecule is Cc1cccc(NC(=O)/C(C#N)=C/c2cnc(N3CCOCC3)nc2)c1. The van der Waals surface area contributed by atoms with E-state index in [9.17, 15) is 10.1 Å². The Morgan fingerprint density at radius 3 is 2.69 bits per heavy atom. The van der Waals surface area contributed by atoms with Gasteiger partial charge in [0.25, 0.3) is 5.91 Å². The third kappa shape index (κ3) is 4.43. The third-order valence-electron chi connectivity index (χ3n) is 3.90. The molecular weight excluding hydrogens is 330 g/mol. The Labute approximate surface area is 151 Å². The molecule has 2 aromatic rings. The van der Waals surface area contributed by atoms with E-state index in [-0.39, 0.29) is 5.57 Å². The van der Waals surface area contributed by atoms with Crippen molar-refractivity contribution in [3.63, 3.8) is 0 Å². The van der Waals surface area contributed by atoms with E-state index in [4.69, 9.17) is 4.74 Å². The Morgan fingerprint density at radius 2 is 2.04 bits per heavy atom. The predicted molar refractivity (Wildman–Crippen MR) is 98.5 cm³/mol. The van der Waals surface area contributed by atoms with Crippen LogP contribution in [0.15, 0.2) is 42.2 Å². The minimum absolute atomic E-state index is 0.00534. The highest BCUT2D eigenvalue weighted by Gasteiger charge is 2.14. The summed E-state index contributed by atoms with van der Waals surface area (Å²) < 4.78 is 5.31. The lowest BCUT2D eigenvalue weighted by Gasteiger charge is -2.26. The molecule has 26 heavy (non-hydrogen) atoms. The highest BCUT2D eigenvalue weighted by atomic mass is 16.5. The predicted octanol–water partition coefficient (Wildman–Crippen LogP) is 2.17. The van der Waals surface area contributed by atoms with E-state index in [1.807, 2.05) is 36.1 Å². The van der Waals surface area contributed by atoms with Crippen molar-refractivity contribution < 1.29 is 9.53 Å². The lowest BCUT2D eigenvalue weighted by atomic mass is 10.1. The zero-order chi connectivity index (χ0) is 18.4. The van der Waals surface area contributed by atoms with Crippen LogP contribution in [0.25, 0.3) is 6.08 Å². The molecule has 7 heteroatoms. The van der Waals surface area contributed by atoms with Crippen LogP contribution in [0.2, 0.25) is 0 Å². The number of carbonyl (C=O) groups is 1. The van der Waals surface area contributed by atoms with Crippen molar-refractivity contribution in [1.82, 2.24) is 9.97 Å². The number of nitrogens with zero attached hydrogens (tertiary/aromatic N) is 4. The maximum absolute atomic E-state index is 12.3. The molecule has 1 saturated heterocycles. The summed E-state index contributed by atoms with van der Waals surface area (Å²) in [5.74, 6) is 0.156. The molecule has 0 saturated carbocycles. The monoisotopic (exact) mass is 349 g/mol. The molecule has 1 aliphatic rings. The van der Waals surface area contributed by atoms with Gasteiger partial charge in [0.15, 0.2) is 0 Å². The Morgan fingerprint density at radius 1 is 1.31 bits per heavy atom. The highest BCUT2D eigenvalue weighted by molar-refractivity contribution is 6.09. The van der Waals surface area contributed by atoms with Crippen LogP contribution in [0.1, 0.15) is 11.1 Å². The average molecular weight is 349 g/mol. The fourth-order valence-corrected chi connectivity index (χ4v) is 2.57. The van der Waals surface area contributed by atoms with Crippen LogP contribution in [-0.4, -0.2) is 42.2 Å². The normalized spacial score (nSPS) is 14.6. The second-order valence-electron chi connectivity index (χ2n) is 5.91. The Hall–Kier alpha value is -3.24. The van der Waals surface area contributed by atoms with Crippen LogP contribution >= 0.6 is 0 Å². The molecule has 0 aliphatic carbocycles. The quantitative estimate of drug-likeness (QED) is 0.672. The van der Waals surface area contributed by atoms with Gasteiger partial charge in [-0.1, -0.05) is 12.1 Å². The molecule has 1 N–H and O–H groups in total. The zero-order valence-electron chi connectivity index (χ0n) is 14.5. The molecule has 3 rings (SSSR count). The fourth-order valence-electron chi connectivity index (χ4n) is 2.57. The van der Waals surface area contributed by atoms with E-state index >= 15 is 0 Å². The molecule has 1 amide bonds. The van der Waals surface area contributed by atoms with Gasteiger partial charge in [0.1, 0.15) is 11.6 Å². The Balaban J connectivity index is 1.71. The lowest BCUT2D eigenvalue weighted by molar-refractivity contribution is -0.112. The highest BCUT2D eigenvalue weighted by Crippen LogP contribution is 2.14. The summed E-state index contributed by atoms with van der Waals surface area (Å²) in [6, 6.07) is 9.33. The lowest BCUT2D eigenvalue weighted by Crippen LogP contribution is -2.37. The van der Waals surface area contributed by atoms with Crippen LogP contribution in [-0.2, 0) is 9.53 Å². The van der Waals surface area contributed by atoms with Crippen LogP contribution < -0.4 is 10.2 Å². The molecule has 1 aromatic carbocycles. The van der Waals surface area contributed by atoms with Crippen LogP contribution in [0.5, 0.6) is 0 Å². The number of aromatic nitrogens is 2. The number of nitriles is 1. The number of morpholine rings is 1. The summed E-state index contributed by atoms with van der Waals surface area (Å²) in [5, 5.41) is 12.0. The molecule has 132 valence electrons. The molecule has 0 spiro atoms. The first-order valence-corrected chi connectivity index (χ1v) is 8.30. The summed E-state index contributed by atoms with van der Waals surface area (Å²) in [7, 11) is 0. The van der Waals surface area contributed by atoms with Crippen LogP contribution in [0.3, 0.4) is 0 Å². The van der Waals surface area contributed by atoms with Crippen LogP contribution in [0.4, 0.5) is 11.6 Å². The van der Waals surface area contributed by atoms with E-state index in [0.29, 0.717) is 30.4 Å². The average Bonchev–Trinajstić information content (AvgIpc) is 2.67. The minimum atomic E-state index is -0.463. The number of carbonyl (C=O) groups excluding carboxylic acids is 1. The van der Waals surface area contributed by atoms with Crippen molar-refractivity contribution in [3.05, 3.63) is 53.4 Å². The van der Waals surface area contributed by atoms with Crippen molar-refractivity contribution in [2.24, 2.45) is 0 Å². The minimum Gasteiger partial charge on any atom is -0.378 e. The maximum Gasteiger partial charge on any atom is 0.266 e. The number of anilines is 2. The molecule has 1 aliphatic heterocycles. The smallest absolute Gasteiger partial charge is 0.266 e. The number of benzene rings is 1. The van der Waals surface area contributed by atoms with Crippen molar-refractivity contribution in [1.29, 1.82) is 5.26 Å². The standard InChI is InChI=1S/C19H19N5O2/c1-14-3-2-4-17(9-14)23-18(25)16(11-20)10-15-12-21-19(22-13-15)24-5-7-26-8-6-24/h2-4,9-10,12-13H,5-8H2,1H3,(H,23,25)/b16-10+. The Bertz CT molecular complexity index is 849. The number of hydrogen-bond acceptors (Lipinski definition) is 6. The number of hydrogen-bond donors (Lipinski definition) is 1. The summed E-state index contributed by atoms with van der Waals surface area (Å²) in [6.07, 6.45) is 4.69. The van der Waals surface area contributed by atoms with E-state index < -0.39 is 5.91 Å². The van der Waals surface area contributed by atoms with Gasteiger partial charge in [-0.15, -0.1) is 0 Å². The van der Waals surface area contributed by atoms with Crippen molar-refractivity contribution >= 4 is 23.6 Å². The first-order valence-electron chi connectivity index (χ1n) is 8.30. The Kier molecular flexibility index (Phi) is 5.56. The number of rotatable bonds is 4. The number of nitrogens with one attached hydrogen (secondary N) is 1. The second kappa shape index (κ2) is 8.23. The van der Waals surface area contributed by atoms with Gasteiger partial charge in [-0.05, 0) is 30.7 Å². The summed E-state index contributed by atoms with van der Waals surface area (Å²) in [5.41, 5.74) is 2.26. The van der Waals surface area contributed by atoms with E-state index in [1.54, 1.807) is 18.5 Å². The van der Waals surface area contributed by atoms with E-state index in [0.717, 1.165) is 18.7 Å². The zero-order valence-corrected chi connectivity index (χ0v) is 14.5. The summed E-state index contributed by atoms with van der Waals surface area (Å²) >= 11 is 0. The topological polar surface area (TPSA) is 91.1 Å². The molecule has 0 bridgehead atoms. The van der Waals surface area contributed by atoms with E-state index in [2.05, 4.69) is 15.3 Å². The van der Waals surface area contributed by atoms with E-state index in [1.165, 1.54) is 6.08 Å². The van der Waals surface area contributed by atoms with Gasteiger partial charge < -0.3 is 15.0 Å². The molecule has 1 fully saturated rings. The first kappa shape index (κ1) is 17.6. The van der Waals surface area contributed by atoms with Gasteiger partial charge in [-0.25, -0.2) is 9.97 Å². The number of ether oxygens (including phenoxy) is 1. The summed E-state index contributed by atoms with van der Waals surface area (Å²) in [4.78, 5) is 23.0. The van der Waals surface area contributed by atoms with Gasteiger partial charge in [0.2, 0.25) is 5.95 Å². The molecule has 7 nitrogen and oxygen atoms in total. The fraction of sp³-hybridized carbons (Fsp3) is 0.263. The van der Waals surface area contributed by atoms with Crippen molar-refractivity contribution in [2.75, 3.05) is 36.5 Å². The molecule has 0 unspecified atom stereocenters. The largest absolute Gasteiger partial charge is 0.378 e. The van der Waals surface area contributed by atoms with Gasteiger partial charge in [0.05, 0.1) is 13.2 Å². The number of aryl methyl sites for hydroxylation is 1. The van der Waals surface area contributed by atoms with Gasteiger partial charge in [-0.3, -0.25) is 4.79 Å². The number of amides is 1. The maximum atomic E-state index is 12.3. The molecule has 0 atom stereocenters. The van der Waals surface area contributed by atoms with Crippen LogP contribution in [0, 0.1) is 18.3 Å². The molecule has 1 aromatic heterocycles. The van der Waals surface area contributed by atoms with Crippen molar-refractivity contribution in [3.8, 4) is 6.07 Å². The van der Waals surface area contributed by atoms with Gasteiger partial charge in [-0.2, -0.15) is 5.26 Å².